The molecule has 3 heterocycles. The summed E-state index contributed by atoms with van der Waals surface area (Å²) in [6, 6.07) is 13.3. The van der Waals surface area contributed by atoms with Crippen molar-refractivity contribution in [2.24, 2.45) is 0 Å². The Morgan fingerprint density at radius 1 is 1.13 bits per heavy atom. The summed E-state index contributed by atoms with van der Waals surface area (Å²) in [6.45, 7) is 1.59. The van der Waals surface area contributed by atoms with Crippen molar-refractivity contribution < 1.29 is 18.0 Å². The van der Waals surface area contributed by atoms with Gasteiger partial charge in [-0.15, -0.1) is 0 Å². The number of rotatable bonds is 4. The molecule has 1 aliphatic heterocycles. The molecule has 1 fully saturated rings. The van der Waals surface area contributed by atoms with Crippen LogP contribution in [0.15, 0.2) is 60.8 Å². The summed E-state index contributed by atoms with van der Waals surface area (Å²) in [7, 11) is 0. The van der Waals surface area contributed by atoms with Crippen molar-refractivity contribution in [2.45, 2.75) is 12.2 Å². The number of hydrogen-bond acceptors (Lipinski definition) is 6. The van der Waals surface area contributed by atoms with E-state index in [1.54, 1.807) is 36.4 Å². The van der Waals surface area contributed by atoms with E-state index in [4.69, 9.17) is 5.73 Å². The van der Waals surface area contributed by atoms with E-state index in [1.165, 1.54) is 18.3 Å². The fourth-order valence-corrected chi connectivity index (χ4v) is 3.59. The number of nitrogens with zero attached hydrogens (tertiary/aromatic N) is 3. The van der Waals surface area contributed by atoms with Gasteiger partial charge in [-0.25, -0.2) is 9.97 Å². The predicted octanol–water partition coefficient (Wildman–Crippen LogP) is 3.46. The van der Waals surface area contributed by atoms with Crippen LogP contribution in [0.1, 0.15) is 33.2 Å². The second-order valence-electron chi connectivity index (χ2n) is 7.22. The molecule has 1 atom stereocenters. The van der Waals surface area contributed by atoms with Crippen molar-refractivity contribution in [2.75, 3.05) is 30.3 Å². The molecule has 0 spiro atoms. The number of alkyl halides is 3. The molecule has 31 heavy (non-hydrogen) atoms. The summed E-state index contributed by atoms with van der Waals surface area (Å²) in [6.07, 6.45) is -2.89. The Labute approximate surface area is 176 Å². The Morgan fingerprint density at radius 2 is 1.94 bits per heavy atom. The fourth-order valence-electron chi connectivity index (χ4n) is 3.59. The smallest absolute Gasteiger partial charge is 0.383 e. The van der Waals surface area contributed by atoms with Gasteiger partial charge < -0.3 is 16.0 Å². The highest BCUT2D eigenvalue weighted by molar-refractivity contribution is 6.10. The van der Waals surface area contributed by atoms with Gasteiger partial charge in [0.05, 0.1) is 11.1 Å². The quantitative estimate of drug-likeness (QED) is 0.621. The van der Waals surface area contributed by atoms with E-state index in [0.29, 0.717) is 31.0 Å². The number of carbonyl (C=O) groups is 1. The number of nitrogens with one attached hydrogen (secondary N) is 1. The normalized spacial score (nSPS) is 16.9. The number of aromatic nitrogens is 2. The SMILES string of the molecule is Nc1ncccc1C(=O)c1cccc(N2CCNC(c3cccc(C(F)(F)F)c3)C2)n1. The van der Waals surface area contributed by atoms with E-state index in [-0.39, 0.29) is 28.9 Å². The van der Waals surface area contributed by atoms with Gasteiger partial charge in [0, 0.05) is 31.9 Å². The molecule has 9 heteroatoms. The molecule has 0 amide bonds. The zero-order valence-electron chi connectivity index (χ0n) is 16.4. The number of anilines is 2. The van der Waals surface area contributed by atoms with Crippen LogP contribution in [0.2, 0.25) is 0 Å². The zero-order chi connectivity index (χ0) is 22.0. The molecule has 1 unspecified atom stereocenters. The average Bonchev–Trinajstić information content (AvgIpc) is 2.79. The topological polar surface area (TPSA) is 84.1 Å². The van der Waals surface area contributed by atoms with Crippen LogP contribution >= 0.6 is 0 Å². The van der Waals surface area contributed by atoms with E-state index in [9.17, 15) is 18.0 Å². The van der Waals surface area contributed by atoms with Gasteiger partial charge in [-0.3, -0.25) is 4.79 Å². The maximum atomic E-state index is 13.1. The van der Waals surface area contributed by atoms with Crippen molar-refractivity contribution in [1.29, 1.82) is 0 Å². The Morgan fingerprint density at radius 3 is 2.71 bits per heavy atom. The van der Waals surface area contributed by atoms with Crippen LogP contribution in [0.25, 0.3) is 0 Å². The molecule has 2 aromatic heterocycles. The first kappa shape index (κ1) is 20.8. The predicted molar refractivity (Wildman–Crippen MR) is 111 cm³/mol. The number of pyridine rings is 2. The number of halogens is 3. The van der Waals surface area contributed by atoms with Gasteiger partial charge in [0.25, 0.3) is 0 Å². The number of hydrogen-bond donors (Lipinski definition) is 2. The first-order chi connectivity index (χ1) is 14.8. The largest absolute Gasteiger partial charge is 0.416 e. The van der Waals surface area contributed by atoms with E-state index < -0.39 is 11.7 Å². The molecule has 1 saturated heterocycles. The first-order valence-electron chi connectivity index (χ1n) is 9.70. The van der Waals surface area contributed by atoms with Gasteiger partial charge in [0.2, 0.25) is 5.78 Å². The van der Waals surface area contributed by atoms with E-state index in [1.807, 2.05) is 4.90 Å². The zero-order valence-corrected chi connectivity index (χ0v) is 16.4. The lowest BCUT2D eigenvalue weighted by Crippen LogP contribution is -2.46. The Kier molecular flexibility index (Phi) is 5.60. The fraction of sp³-hybridized carbons (Fsp3) is 0.227. The summed E-state index contributed by atoms with van der Waals surface area (Å²) < 4.78 is 39.2. The molecule has 0 saturated carbocycles. The summed E-state index contributed by atoms with van der Waals surface area (Å²) in [5, 5.41) is 3.26. The number of benzene rings is 1. The van der Waals surface area contributed by atoms with Crippen LogP contribution in [0.3, 0.4) is 0 Å². The summed E-state index contributed by atoms with van der Waals surface area (Å²) in [5.74, 6) is 0.371. The lowest BCUT2D eigenvalue weighted by Gasteiger charge is -2.35. The number of nitrogen functional groups attached to an aromatic ring is 1. The number of carbonyl (C=O) groups excluding carboxylic acids is 1. The highest BCUT2D eigenvalue weighted by atomic mass is 19.4. The molecule has 1 aliphatic rings. The second-order valence-corrected chi connectivity index (χ2v) is 7.22. The number of ketones is 1. The molecule has 160 valence electrons. The number of nitrogens with two attached hydrogens (primary N) is 1. The lowest BCUT2D eigenvalue weighted by molar-refractivity contribution is -0.137. The highest BCUT2D eigenvalue weighted by Gasteiger charge is 2.31. The van der Waals surface area contributed by atoms with E-state index >= 15 is 0 Å². The van der Waals surface area contributed by atoms with Gasteiger partial charge in [-0.05, 0) is 42.0 Å². The maximum Gasteiger partial charge on any atom is 0.416 e. The number of piperazine rings is 1. The molecular formula is C22H20F3N5O. The standard InChI is InChI=1S/C22H20F3N5O/c23-22(24,25)15-5-1-4-14(12-15)18-13-30(11-10-27-18)19-8-2-7-17(29-19)20(31)16-6-3-9-28-21(16)26/h1-9,12,18,27H,10-11,13H2,(H2,26,28). The summed E-state index contributed by atoms with van der Waals surface area (Å²) in [5.41, 5.74) is 6.18. The van der Waals surface area contributed by atoms with Crippen LogP contribution in [0, 0.1) is 0 Å². The van der Waals surface area contributed by atoms with Gasteiger partial charge in [-0.1, -0.05) is 18.2 Å². The molecule has 6 nitrogen and oxygen atoms in total. The maximum absolute atomic E-state index is 13.1. The highest BCUT2D eigenvalue weighted by Crippen LogP contribution is 2.31. The van der Waals surface area contributed by atoms with Crippen molar-refractivity contribution >= 4 is 17.4 Å². The molecule has 0 aliphatic carbocycles. The molecular weight excluding hydrogens is 407 g/mol. The molecule has 3 aromatic rings. The molecule has 0 radical (unpaired) electrons. The van der Waals surface area contributed by atoms with Crippen molar-refractivity contribution in [1.82, 2.24) is 15.3 Å². The van der Waals surface area contributed by atoms with Gasteiger partial charge in [0.15, 0.2) is 0 Å². The average molecular weight is 427 g/mol. The van der Waals surface area contributed by atoms with Crippen molar-refractivity contribution in [3.8, 4) is 0 Å². The van der Waals surface area contributed by atoms with E-state index in [2.05, 4.69) is 15.3 Å². The third-order valence-electron chi connectivity index (χ3n) is 5.17. The molecule has 3 N–H and O–H groups in total. The molecule has 0 bridgehead atoms. The van der Waals surface area contributed by atoms with Crippen LogP contribution < -0.4 is 16.0 Å². The Bertz CT molecular complexity index is 1100. The minimum atomic E-state index is -4.39. The Balaban J connectivity index is 1.56. The monoisotopic (exact) mass is 427 g/mol. The van der Waals surface area contributed by atoms with Crippen LogP contribution in [-0.4, -0.2) is 35.4 Å². The molecule has 4 rings (SSSR count). The first-order valence-corrected chi connectivity index (χ1v) is 9.70. The third-order valence-corrected chi connectivity index (χ3v) is 5.17. The second kappa shape index (κ2) is 8.35. The van der Waals surface area contributed by atoms with Crippen molar-refractivity contribution in [3.05, 3.63) is 83.2 Å². The summed E-state index contributed by atoms with van der Waals surface area (Å²) in [4.78, 5) is 23.2. The van der Waals surface area contributed by atoms with Crippen LogP contribution in [0.5, 0.6) is 0 Å². The van der Waals surface area contributed by atoms with Crippen LogP contribution in [-0.2, 0) is 6.18 Å². The third kappa shape index (κ3) is 4.51. The Hall–Kier alpha value is -3.46. The summed E-state index contributed by atoms with van der Waals surface area (Å²) >= 11 is 0. The minimum absolute atomic E-state index is 0.131. The van der Waals surface area contributed by atoms with Gasteiger partial charge in [0.1, 0.15) is 17.3 Å². The minimum Gasteiger partial charge on any atom is -0.383 e. The molecule has 1 aromatic carbocycles. The van der Waals surface area contributed by atoms with Crippen LogP contribution in [0.4, 0.5) is 24.8 Å². The lowest BCUT2D eigenvalue weighted by atomic mass is 10.0. The van der Waals surface area contributed by atoms with Crippen molar-refractivity contribution in [3.63, 3.8) is 0 Å². The van der Waals surface area contributed by atoms with E-state index in [0.717, 1.165) is 6.07 Å². The van der Waals surface area contributed by atoms with Gasteiger partial charge in [-0.2, -0.15) is 13.2 Å². The van der Waals surface area contributed by atoms with Gasteiger partial charge >= 0.3 is 6.18 Å².